The molecule has 6 nitrogen and oxygen atoms in total. The van der Waals surface area contributed by atoms with Gasteiger partial charge in [-0.2, -0.15) is 0 Å². The van der Waals surface area contributed by atoms with Gasteiger partial charge in [-0.25, -0.2) is 4.79 Å². The lowest BCUT2D eigenvalue weighted by Crippen LogP contribution is -2.47. The van der Waals surface area contributed by atoms with E-state index in [2.05, 4.69) is 41.5 Å². The highest BCUT2D eigenvalue weighted by Gasteiger charge is 2.36. The lowest BCUT2D eigenvalue weighted by atomic mass is 10.0. The topological polar surface area (TPSA) is 70.7 Å². The van der Waals surface area contributed by atoms with Crippen LogP contribution in [0.5, 0.6) is 5.75 Å². The van der Waals surface area contributed by atoms with Crippen LogP contribution < -0.4 is 15.4 Å². The predicted octanol–water partition coefficient (Wildman–Crippen LogP) is 4.37. The number of amides is 3. The molecule has 32 heavy (non-hydrogen) atoms. The molecule has 0 radical (unpaired) electrons. The summed E-state index contributed by atoms with van der Waals surface area (Å²) in [6.07, 6.45) is 1.18. The van der Waals surface area contributed by atoms with Crippen LogP contribution in [0, 0.1) is 0 Å². The average molecular weight is 430 g/mol. The van der Waals surface area contributed by atoms with Gasteiger partial charge in [0.15, 0.2) is 0 Å². The first kappa shape index (κ1) is 21.4. The largest absolute Gasteiger partial charge is 0.497 e. The van der Waals surface area contributed by atoms with Crippen molar-refractivity contribution in [2.24, 2.45) is 0 Å². The molecule has 3 aromatic carbocycles. The van der Waals surface area contributed by atoms with Crippen molar-refractivity contribution in [3.05, 3.63) is 84.4 Å². The van der Waals surface area contributed by atoms with Crippen molar-refractivity contribution in [3.8, 4) is 5.75 Å². The van der Waals surface area contributed by atoms with E-state index in [1.165, 1.54) is 21.2 Å². The highest BCUT2D eigenvalue weighted by Crippen LogP contribution is 2.24. The van der Waals surface area contributed by atoms with Crippen molar-refractivity contribution in [1.29, 1.82) is 0 Å². The van der Waals surface area contributed by atoms with Gasteiger partial charge >= 0.3 is 6.03 Å². The van der Waals surface area contributed by atoms with Crippen molar-refractivity contribution in [3.63, 3.8) is 0 Å². The molecule has 1 fully saturated rings. The fourth-order valence-corrected chi connectivity index (χ4v) is 4.09. The molecule has 1 aliphatic heterocycles. The van der Waals surface area contributed by atoms with E-state index in [-0.39, 0.29) is 11.9 Å². The van der Waals surface area contributed by atoms with Gasteiger partial charge in [-0.3, -0.25) is 4.79 Å². The first-order valence-electron chi connectivity index (χ1n) is 10.7. The summed E-state index contributed by atoms with van der Waals surface area (Å²) in [5, 5.41) is 8.23. The first-order valence-corrected chi connectivity index (χ1v) is 10.7. The van der Waals surface area contributed by atoms with Gasteiger partial charge in [0.1, 0.15) is 11.8 Å². The number of methoxy groups -OCH3 is 1. The van der Waals surface area contributed by atoms with E-state index in [4.69, 9.17) is 4.74 Å². The number of anilines is 1. The third-order valence-electron chi connectivity index (χ3n) is 5.71. The monoisotopic (exact) mass is 429 g/mol. The molecule has 6 heteroatoms. The molecule has 1 saturated heterocycles. The Balaban J connectivity index is 1.38. The van der Waals surface area contributed by atoms with E-state index in [1.54, 1.807) is 31.4 Å². The molecule has 2 N–H and O–H groups in total. The van der Waals surface area contributed by atoms with Crippen LogP contribution in [0.1, 0.15) is 12.0 Å². The minimum absolute atomic E-state index is 0.162. The summed E-state index contributed by atoms with van der Waals surface area (Å²) in [5.41, 5.74) is 2.66. The van der Waals surface area contributed by atoms with Crippen LogP contribution in [0.25, 0.3) is 10.8 Å². The Bertz CT molecular complexity index is 1150. The maximum atomic E-state index is 12.9. The third-order valence-corrected chi connectivity index (χ3v) is 5.71. The standard InChI is InChI=1S/C26H27N3O3/c1-18-15-24(29(17-18)26(31)28-21-10-6-11-22(16-21)32-2)25(30)27-14-13-20-9-5-8-19-7-3-4-12-23(19)20/h3-12,16,24H,1,13-15,17H2,2H3,(H,27,30)(H,28,31)/t24-/m0/s1. The fraction of sp³-hybridized carbons (Fsp3) is 0.231. The van der Waals surface area contributed by atoms with Crippen LogP contribution in [0.3, 0.4) is 0 Å². The molecule has 164 valence electrons. The number of carbonyl (C=O) groups is 2. The van der Waals surface area contributed by atoms with Crippen molar-refractivity contribution in [1.82, 2.24) is 10.2 Å². The van der Waals surface area contributed by atoms with Crippen molar-refractivity contribution in [2.75, 3.05) is 25.5 Å². The van der Waals surface area contributed by atoms with Gasteiger partial charge in [-0.1, -0.05) is 60.7 Å². The lowest BCUT2D eigenvalue weighted by Gasteiger charge is -2.24. The predicted molar refractivity (Wildman–Crippen MR) is 127 cm³/mol. The van der Waals surface area contributed by atoms with Gasteiger partial charge in [0.05, 0.1) is 7.11 Å². The number of nitrogens with zero attached hydrogens (tertiary/aromatic N) is 1. The number of hydrogen-bond acceptors (Lipinski definition) is 3. The van der Waals surface area contributed by atoms with Gasteiger partial charge in [0, 0.05) is 24.8 Å². The number of carbonyl (C=O) groups excluding carboxylic acids is 2. The molecule has 0 aliphatic carbocycles. The minimum atomic E-state index is -0.569. The lowest BCUT2D eigenvalue weighted by molar-refractivity contribution is -0.124. The number of rotatable bonds is 6. The zero-order chi connectivity index (χ0) is 22.5. The molecule has 0 spiro atoms. The number of urea groups is 1. The maximum absolute atomic E-state index is 12.9. The van der Waals surface area contributed by atoms with Crippen molar-refractivity contribution in [2.45, 2.75) is 18.9 Å². The molecule has 3 aromatic rings. The molecule has 0 unspecified atom stereocenters. The number of benzene rings is 3. The maximum Gasteiger partial charge on any atom is 0.322 e. The molecule has 1 aliphatic rings. The molecule has 0 bridgehead atoms. The van der Waals surface area contributed by atoms with Crippen LogP contribution in [0.2, 0.25) is 0 Å². The smallest absolute Gasteiger partial charge is 0.322 e. The molecular formula is C26H27N3O3. The van der Waals surface area contributed by atoms with Crippen LogP contribution in [-0.2, 0) is 11.2 Å². The molecule has 0 aromatic heterocycles. The van der Waals surface area contributed by atoms with Crippen molar-refractivity contribution >= 4 is 28.4 Å². The number of likely N-dealkylation sites (tertiary alicyclic amines) is 1. The normalized spacial score (nSPS) is 15.6. The zero-order valence-corrected chi connectivity index (χ0v) is 18.1. The average Bonchev–Trinajstić information content (AvgIpc) is 3.21. The second-order valence-corrected chi connectivity index (χ2v) is 7.94. The van der Waals surface area contributed by atoms with Crippen LogP contribution in [-0.4, -0.2) is 43.1 Å². The summed E-state index contributed by atoms with van der Waals surface area (Å²) in [4.78, 5) is 27.3. The minimum Gasteiger partial charge on any atom is -0.497 e. The Labute approximate surface area is 187 Å². The Morgan fingerprint density at radius 3 is 2.72 bits per heavy atom. The van der Waals surface area contributed by atoms with E-state index < -0.39 is 6.04 Å². The molecular weight excluding hydrogens is 402 g/mol. The molecule has 0 saturated carbocycles. The van der Waals surface area contributed by atoms with Gasteiger partial charge in [0.2, 0.25) is 5.91 Å². The van der Waals surface area contributed by atoms with Crippen LogP contribution in [0.4, 0.5) is 10.5 Å². The van der Waals surface area contributed by atoms with E-state index in [9.17, 15) is 9.59 Å². The quantitative estimate of drug-likeness (QED) is 0.572. The summed E-state index contributed by atoms with van der Waals surface area (Å²) >= 11 is 0. The van der Waals surface area contributed by atoms with E-state index in [0.717, 1.165) is 12.0 Å². The summed E-state index contributed by atoms with van der Waals surface area (Å²) in [5.74, 6) is 0.487. The van der Waals surface area contributed by atoms with Crippen LogP contribution >= 0.6 is 0 Å². The number of nitrogens with one attached hydrogen (secondary N) is 2. The van der Waals surface area contributed by atoms with Gasteiger partial charge in [-0.05, 0) is 41.3 Å². The van der Waals surface area contributed by atoms with Crippen LogP contribution in [0.15, 0.2) is 78.9 Å². The van der Waals surface area contributed by atoms with Gasteiger partial charge < -0.3 is 20.3 Å². The summed E-state index contributed by atoms with van der Waals surface area (Å²) in [6.45, 7) is 4.85. The van der Waals surface area contributed by atoms with Gasteiger partial charge in [0.25, 0.3) is 0 Å². The second kappa shape index (κ2) is 9.56. The zero-order valence-electron chi connectivity index (χ0n) is 18.1. The SMILES string of the molecule is C=C1C[C@@H](C(=O)NCCc2cccc3ccccc23)N(C(=O)Nc2cccc(OC)c2)C1. The fourth-order valence-electron chi connectivity index (χ4n) is 4.09. The highest BCUT2D eigenvalue weighted by atomic mass is 16.5. The number of hydrogen-bond donors (Lipinski definition) is 2. The molecule has 1 atom stereocenters. The Hall–Kier alpha value is -3.80. The Morgan fingerprint density at radius 1 is 1.09 bits per heavy atom. The highest BCUT2D eigenvalue weighted by molar-refractivity contribution is 5.95. The second-order valence-electron chi connectivity index (χ2n) is 7.94. The Morgan fingerprint density at radius 2 is 1.88 bits per heavy atom. The third kappa shape index (κ3) is 4.75. The molecule has 1 heterocycles. The summed E-state index contributed by atoms with van der Waals surface area (Å²) in [7, 11) is 1.57. The van der Waals surface area contributed by atoms with Gasteiger partial charge in [-0.15, -0.1) is 0 Å². The van der Waals surface area contributed by atoms with E-state index in [1.807, 2.05) is 18.2 Å². The molecule has 3 amide bonds. The summed E-state index contributed by atoms with van der Waals surface area (Å²) < 4.78 is 5.20. The summed E-state index contributed by atoms with van der Waals surface area (Å²) in [6, 6.07) is 20.6. The Kier molecular flexibility index (Phi) is 6.40. The van der Waals surface area contributed by atoms with E-state index in [0.29, 0.717) is 30.9 Å². The van der Waals surface area contributed by atoms with Crippen molar-refractivity contribution < 1.29 is 14.3 Å². The molecule has 4 rings (SSSR count). The number of fused-ring (bicyclic) bond motifs is 1. The van der Waals surface area contributed by atoms with E-state index >= 15 is 0 Å². The first-order chi connectivity index (χ1) is 15.5. The number of ether oxygens (including phenoxy) is 1.